The molecule has 1 fully saturated rings. The summed E-state index contributed by atoms with van der Waals surface area (Å²) in [6, 6.07) is 10.9. The van der Waals surface area contributed by atoms with Crippen molar-refractivity contribution in [3.8, 4) is 11.1 Å². The summed E-state index contributed by atoms with van der Waals surface area (Å²) in [4.78, 5) is 24.2. The Bertz CT molecular complexity index is 1110. The summed E-state index contributed by atoms with van der Waals surface area (Å²) in [6.07, 6.45) is 4.20. The summed E-state index contributed by atoms with van der Waals surface area (Å²) >= 11 is 0.966. The Morgan fingerprint density at radius 2 is 1.57 bits per heavy atom. The standard InChI is InChI=1S/C26H29NO2S/c1-15-8-7-9-17(13-21-23(28)27-24(29)30-21)22(15)18-14-20-19(12-16(18)2)25(3,4)10-11-26(20,5)6/h7-9,12-14H,10-11H2,1-6H3,(H,27,28,29)/b21-13-. The molecular weight excluding hydrogens is 390 g/mol. The fraction of sp³-hybridized carbons (Fsp3) is 0.385. The minimum Gasteiger partial charge on any atom is -0.282 e. The maximum absolute atomic E-state index is 12.1. The zero-order valence-corrected chi connectivity index (χ0v) is 19.4. The summed E-state index contributed by atoms with van der Waals surface area (Å²) in [7, 11) is 0. The number of rotatable bonds is 2. The number of thioether (sulfide) groups is 1. The summed E-state index contributed by atoms with van der Waals surface area (Å²) in [5, 5.41) is 2.04. The highest BCUT2D eigenvalue weighted by atomic mass is 32.2. The van der Waals surface area contributed by atoms with Gasteiger partial charge >= 0.3 is 0 Å². The van der Waals surface area contributed by atoms with Crippen molar-refractivity contribution in [2.45, 2.75) is 65.2 Å². The van der Waals surface area contributed by atoms with Gasteiger partial charge < -0.3 is 0 Å². The molecule has 2 aliphatic rings. The van der Waals surface area contributed by atoms with Crippen LogP contribution in [0.4, 0.5) is 4.79 Å². The lowest BCUT2D eigenvalue weighted by molar-refractivity contribution is -0.115. The van der Waals surface area contributed by atoms with Gasteiger partial charge in [0.2, 0.25) is 0 Å². The maximum atomic E-state index is 12.1. The molecular formula is C26H29NO2S. The summed E-state index contributed by atoms with van der Waals surface area (Å²) < 4.78 is 0. The van der Waals surface area contributed by atoms with Gasteiger partial charge in [-0.3, -0.25) is 14.9 Å². The largest absolute Gasteiger partial charge is 0.290 e. The van der Waals surface area contributed by atoms with E-state index in [1.165, 1.54) is 35.1 Å². The zero-order chi connectivity index (χ0) is 21.8. The number of benzene rings is 2. The van der Waals surface area contributed by atoms with E-state index >= 15 is 0 Å². The number of imide groups is 1. The normalized spacial score (nSPS) is 20.9. The molecule has 156 valence electrons. The Morgan fingerprint density at radius 1 is 0.933 bits per heavy atom. The third-order valence-electron chi connectivity index (χ3n) is 6.70. The van der Waals surface area contributed by atoms with Crippen molar-refractivity contribution in [2.75, 3.05) is 0 Å². The van der Waals surface area contributed by atoms with Gasteiger partial charge in [0.25, 0.3) is 11.1 Å². The van der Waals surface area contributed by atoms with Crippen LogP contribution >= 0.6 is 11.8 Å². The van der Waals surface area contributed by atoms with Gasteiger partial charge in [-0.15, -0.1) is 0 Å². The molecule has 1 N–H and O–H groups in total. The van der Waals surface area contributed by atoms with E-state index in [0.29, 0.717) is 4.91 Å². The van der Waals surface area contributed by atoms with E-state index in [1.807, 2.05) is 18.2 Å². The monoisotopic (exact) mass is 419 g/mol. The smallest absolute Gasteiger partial charge is 0.282 e. The first-order valence-corrected chi connectivity index (χ1v) is 11.3. The molecule has 0 unspecified atom stereocenters. The number of nitrogens with one attached hydrogen (secondary N) is 1. The number of carbonyl (C=O) groups is 2. The van der Waals surface area contributed by atoms with Gasteiger partial charge in [0.1, 0.15) is 0 Å². The van der Waals surface area contributed by atoms with Gasteiger partial charge in [-0.05, 0) is 94.3 Å². The van der Waals surface area contributed by atoms with Crippen LogP contribution in [0.2, 0.25) is 0 Å². The van der Waals surface area contributed by atoms with Crippen molar-refractivity contribution in [2.24, 2.45) is 0 Å². The van der Waals surface area contributed by atoms with Crippen LogP contribution in [0, 0.1) is 13.8 Å². The third kappa shape index (κ3) is 3.51. The Hall–Kier alpha value is -2.33. The van der Waals surface area contributed by atoms with Gasteiger partial charge in [0, 0.05) is 0 Å². The molecule has 1 saturated heterocycles. The third-order valence-corrected chi connectivity index (χ3v) is 7.51. The molecule has 0 bridgehead atoms. The Balaban J connectivity index is 1.94. The molecule has 0 radical (unpaired) electrons. The number of fused-ring (bicyclic) bond motifs is 1. The molecule has 4 rings (SSSR count). The van der Waals surface area contributed by atoms with Gasteiger partial charge in [-0.25, -0.2) is 0 Å². The van der Waals surface area contributed by atoms with E-state index in [-0.39, 0.29) is 22.0 Å². The van der Waals surface area contributed by atoms with Gasteiger partial charge in [-0.2, -0.15) is 0 Å². The van der Waals surface area contributed by atoms with E-state index in [4.69, 9.17) is 0 Å². The lowest BCUT2D eigenvalue weighted by atomic mass is 9.62. The van der Waals surface area contributed by atoms with Crippen LogP contribution in [0.1, 0.15) is 68.4 Å². The molecule has 2 aromatic carbocycles. The van der Waals surface area contributed by atoms with E-state index in [1.54, 1.807) is 0 Å². The lowest BCUT2D eigenvalue weighted by Crippen LogP contribution is -2.34. The first-order chi connectivity index (χ1) is 14.0. The van der Waals surface area contributed by atoms with Gasteiger partial charge in [0.05, 0.1) is 4.91 Å². The molecule has 0 atom stereocenters. The fourth-order valence-corrected chi connectivity index (χ4v) is 5.41. The molecule has 1 aliphatic heterocycles. The molecule has 2 amide bonds. The van der Waals surface area contributed by atoms with Crippen molar-refractivity contribution >= 4 is 29.0 Å². The molecule has 0 saturated carbocycles. The number of hydrogen-bond donors (Lipinski definition) is 1. The van der Waals surface area contributed by atoms with Crippen LogP contribution in [0.5, 0.6) is 0 Å². The zero-order valence-electron chi connectivity index (χ0n) is 18.6. The second-order valence-corrected chi connectivity index (χ2v) is 10.9. The fourth-order valence-electron chi connectivity index (χ4n) is 4.73. The second-order valence-electron chi connectivity index (χ2n) is 9.87. The highest BCUT2D eigenvalue weighted by Crippen LogP contribution is 2.48. The molecule has 1 heterocycles. The maximum Gasteiger partial charge on any atom is 0.290 e. The average Bonchev–Trinajstić information content (AvgIpc) is 2.97. The van der Waals surface area contributed by atoms with Crippen LogP contribution in [0.25, 0.3) is 17.2 Å². The predicted molar refractivity (Wildman–Crippen MR) is 126 cm³/mol. The first kappa shape index (κ1) is 20.9. The van der Waals surface area contributed by atoms with Crippen LogP contribution in [-0.2, 0) is 15.6 Å². The number of hydrogen-bond acceptors (Lipinski definition) is 3. The Kier molecular flexibility index (Phi) is 4.97. The molecule has 2 aromatic rings. The Morgan fingerprint density at radius 3 is 2.17 bits per heavy atom. The minimum absolute atomic E-state index is 0.127. The van der Waals surface area contributed by atoms with Crippen molar-refractivity contribution < 1.29 is 9.59 Å². The molecule has 30 heavy (non-hydrogen) atoms. The van der Waals surface area contributed by atoms with Crippen LogP contribution in [0.3, 0.4) is 0 Å². The first-order valence-electron chi connectivity index (χ1n) is 10.5. The molecule has 3 nitrogen and oxygen atoms in total. The summed E-state index contributed by atoms with van der Waals surface area (Å²) in [5.41, 5.74) is 8.89. The van der Waals surface area contributed by atoms with Crippen LogP contribution in [0.15, 0.2) is 35.2 Å². The lowest BCUT2D eigenvalue weighted by Gasteiger charge is -2.42. The van der Waals surface area contributed by atoms with Gasteiger partial charge in [-0.1, -0.05) is 58.0 Å². The summed E-state index contributed by atoms with van der Waals surface area (Å²) in [6.45, 7) is 13.7. The molecule has 4 heteroatoms. The van der Waals surface area contributed by atoms with Crippen LogP contribution < -0.4 is 5.32 Å². The predicted octanol–water partition coefficient (Wildman–Crippen LogP) is 6.64. The van der Waals surface area contributed by atoms with E-state index in [0.717, 1.165) is 28.5 Å². The number of amides is 2. The molecule has 0 spiro atoms. The highest BCUT2D eigenvalue weighted by Gasteiger charge is 2.37. The molecule has 0 aromatic heterocycles. The number of carbonyl (C=O) groups excluding carboxylic acids is 2. The Labute approximate surface area is 183 Å². The topological polar surface area (TPSA) is 46.2 Å². The van der Waals surface area contributed by atoms with E-state index in [9.17, 15) is 9.59 Å². The van der Waals surface area contributed by atoms with Crippen molar-refractivity contribution in [3.63, 3.8) is 0 Å². The van der Waals surface area contributed by atoms with Crippen molar-refractivity contribution in [1.82, 2.24) is 5.32 Å². The highest BCUT2D eigenvalue weighted by molar-refractivity contribution is 8.18. The van der Waals surface area contributed by atoms with E-state index < -0.39 is 0 Å². The second kappa shape index (κ2) is 7.12. The minimum atomic E-state index is -0.317. The van der Waals surface area contributed by atoms with Crippen molar-refractivity contribution in [1.29, 1.82) is 0 Å². The van der Waals surface area contributed by atoms with Gasteiger partial charge in [0.15, 0.2) is 0 Å². The number of aryl methyl sites for hydroxylation is 2. The van der Waals surface area contributed by atoms with E-state index in [2.05, 4.69) is 65.1 Å². The van der Waals surface area contributed by atoms with Crippen molar-refractivity contribution in [3.05, 3.63) is 63.1 Å². The van der Waals surface area contributed by atoms with Crippen LogP contribution in [-0.4, -0.2) is 11.1 Å². The molecule has 1 aliphatic carbocycles. The SMILES string of the molecule is Cc1cc2c(cc1-c1c(C)cccc1/C=C1\SC(=O)NC1=O)C(C)(C)CCC2(C)C. The summed E-state index contributed by atoms with van der Waals surface area (Å²) in [5.74, 6) is -0.317. The average molecular weight is 420 g/mol. The quantitative estimate of drug-likeness (QED) is 0.555.